The highest BCUT2D eigenvalue weighted by molar-refractivity contribution is 6.28. The number of nitrogens with one attached hydrogen (secondary N) is 1. The maximum absolute atomic E-state index is 5.96. The third kappa shape index (κ3) is 2.49. The molecule has 0 saturated heterocycles. The van der Waals surface area contributed by atoms with E-state index in [1.807, 2.05) is 13.8 Å². The number of hydrogen-bond acceptors (Lipinski definition) is 5. The fourth-order valence-electron chi connectivity index (χ4n) is 2.40. The Kier molecular flexibility index (Phi) is 3.26. The first-order valence-electron chi connectivity index (χ1n) is 6.70. The lowest BCUT2D eigenvalue weighted by Gasteiger charge is -2.12. The minimum Gasteiger partial charge on any atom is -0.365 e. The summed E-state index contributed by atoms with van der Waals surface area (Å²) in [6.45, 7) is 4.05. The summed E-state index contributed by atoms with van der Waals surface area (Å²) in [7, 11) is 0. The Bertz CT molecular complexity index is 587. The van der Waals surface area contributed by atoms with Crippen LogP contribution in [0.2, 0.25) is 5.28 Å². The molecule has 0 radical (unpaired) electrons. The number of fused-ring (bicyclic) bond motifs is 1. The van der Waals surface area contributed by atoms with E-state index >= 15 is 0 Å². The Hall–Kier alpha value is -1.43. The van der Waals surface area contributed by atoms with E-state index in [2.05, 4.69) is 25.5 Å². The molecule has 2 aromatic rings. The van der Waals surface area contributed by atoms with Crippen molar-refractivity contribution in [3.8, 4) is 0 Å². The molecule has 6 nitrogen and oxygen atoms in total. The number of halogens is 1. The van der Waals surface area contributed by atoms with Crippen molar-refractivity contribution in [2.75, 3.05) is 5.32 Å². The van der Waals surface area contributed by atoms with Gasteiger partial charge in [0.1, 0.15) is 0 Å². The van der Waals surface area contributed by atoms with Crippen molar-refractivity contribution >= 4 is 28.6 Å². The lowest BCUT2D eigenvalue weighted by molar-refractivity contribution is 0.471. The Morgan fingerprint density at radius 1 is 1.21 bits per heavy atom. The maximum atomic E-state index is 5.96. The minimum absolute atomic E-state index is 0.187. The first-order valence-corrected chi connectivity index (χ1v) is 7.08. The van der Waals surface area contributed by atoms with Gasteiger partial charge in [-0.1, -0.05) is 12.8 Å². The van der Waals surface area contributed by atoms with Crippen LogP contribution in [0.5, 0.6) is 0 Å². The first-order chi connectivity index (χ1) is 9.13. The van der Waals surface area contributed by atoms with Gasteiger partial charge in [-0.2, -0.15) is 14.8 Å². The van der Waals surface area contributed by atoms with Crippen molar-refractivity contribution in [1.82, 2.24) is 25.0 Å². The molecule has 1 fully saturated rings. The predicted molar refractivity (Wildman–Crippen MR) is 74.4 cm³/mol. The van der Waals surface area contributed by atoms with Crippen LogP contribution in [0, 0.1) is 0 Å². The SMILES string of the molecule is CC(C)n1nc2nc(Cl)nc(NC3CCCC3)c2n1. The van der Waals surface area contributed by atoms with Crippen molar-refractivity contribution in [2.24, 2.45) is 0 Å². The van der Waals surface area contributed by atoms with Crippen LogP contribution in [0.4, 0.5) is 5.82 Å². The van der Waals surface area contributed by atoms with E-state index in [0.29, 0.717) is 23.0 Å². The van der Waals surface area contributed by atoms with Crippen LogP contribution in [0.1, 0.15) is 45.6 Å². The molecule has 7 heteroatoms. The fourth-order valence-corrected chi connectivity index (χ4v) is 2.56. The van der Waals surface area contributed by atoms with Crippen LogP contribution in [0.15, 0.2) is 0 Å². The Morgan fingerprint density at radius 2 is 1.95 bits per heavy atom. The average Bonchev–Trinajstić information content (AvgIpc) is 2.97. The van der Waals surface area contributed by atoms with Gasteiger partial charge in [-0.15, -0.1) is 10.2 Å². The lowest BCUT2D eigenvalue weighted by atomic mass is 10.2. The third-order valence-electron chi connectivity index (χ3n) is 3.40. The van der Waals surface area contributed by atoms with Gasteiger partial charge in [0.15, 0.2) is 11.3 Å². The number of rotatable bonds is 3. The summed E-state index contributed by atoms with van der Waals surface area (Å²) >= 11 is 5.96. The molecule has 1 saturated carbocycles. The zero-order valence-electron chi connectivity index (χ0n) is 11.1. The molecule has 2 aromatic heterocycles. The number of nitrogens with zero attached hydrogens (tertiary/aromatic N) is 5. The Balaban J connectivity index is 2.00. The Labute approximate surface area is 116 Å². The van der Waals surface area contributed by atoms with E-state index in [-0.39, 0.29) is 11.3 Å². The van der Waals surface area contributed by atoms with Crippen LogP contribution in [0.25, 0.3) is 11.2 Å². The van der Waals surface area contributed by atoms with E-state index in [4.69, 9.17) is 11.6 Å². The van der Waals surface area contributed by atoms with Gasteiger partial charge in [0.25, 0.3) is 0 Å². The molecule has 0 amide bonds. The molecule has 2 heterocycles. The van der Waals surface area contributed by atoms with Gasteiger partial charge < -0.3 is 5.32 Å². The second-order valence-corrected chi connectivity index (χ2v) is 5.59. The summed E-state index contributed by atoms with van der Waals surface area (Å²) in [5.41, 5.74) is 1.25. The third-order valence-corrected chi connectivity index (χ3v) is 3.56. The van der Waals surface area contributed by atoms with Crippen molar-refractivity contribution < 1.29 is 0 Å². The summed E-state index contributed by atoms with van der Waals surface area (Å²) in [5, 5.41) is 12.4. The van der Waals surface area contributed by atoms with Gasteiger partial charge in [0.05, 0.1) is 6.04 Å². The zero-order valence-corrected chi connectivity index (χ0v) is 11.9. The Morgan fingerprint density at radius 3 is 2.63 bits per heavy atom. The molecule has 0 unspecified atom stereocenters. The van der Waals surface area contributed by atoms with Crippen LogP contribution in [0.3, 0.4) is 0 Å². The van der Waals surface area contributed by atoms with Crippen molar-refractivity contribution in [2.45, 2.75) is 51.6 Å². The average molecular weight is 281 g/mol. The predicted octanol–water partition coefficient (Wildman–Crippen LogP) is 2.81. The highest BCUT2D eigenvalue weighted by Crippen LogP contribution is 2.25. The van der Waals surface area contributed by atoms with Gasteiger partial charge in [-0.3, -0.25) is 0 Å². The first kappa shape index (κ1) is 12.6. The molecule has 19 heavy (non-hydrogen) atoms. The van der Waals surface area contributed by atoms with E-state index < -0.39 is 0 Å². The zero-order chi connectivity index (χ0) is 13.4. The molecule has 3 rings (SSSR count). The molecular formula is C12H17ClN6. The summed E-state index contributed by atoms with van der Waals surface area (Å²) in [6.07, 6.45) is 4.86. The molecule has 102 valence electrons. The lowest BCUT2D eigenvalue weighted by Crippen LogP contribution is -2.16. The summed E-state index contributed by atoms with van der Waals surface area (Å²) in [4.78, 5) is 10.0. The maximum Gasteiger partial charge on any atom is 0.226 e. The van der Waals surface area contributed by atoms with E-state index in [1.54, 1.807) is 4.80 Å². The molecule has 1 N–H and O–H groups in total. The van der Waals surface area contributed by atoms with Gasteiger partial charge in [-0.25, -0.2) is 0 Å². The summed E-state index contributed by atoms with van der Waals surface area (Å²) in [5.74, 6) is 0.703. The summed E-state index contributed by atoms with van der Waals surface area (Å²) < 4.78 is 0. The number of anilines is 1. The standard InChI is InChI=1S/C12H17ClN6/c1-7(2)19-17-9-10(14-8-5-3-4-6-8)15-12(13)16-11(9)18-19/h7-8H,3-6H2,1-2H3,(H,14,15,16,18). The number of hydrogen-bond donors (Lipinski definition) is 1. The topological polar surface area (TPSA) is 68.5 Å². The fraction of sp³-hybridized carbons (Fsp3) is 0.667. The molecule has 1 aliphatic rings. The quantitative estimate of drug-likeness (QED) is 0.876. The monoisotopic (exact) mass is 280 g/mol. The minimum atomic E-state index is 0.187. The van der Waals surface area contributed by atoms with E-state index in [0.717, 1.165) is 0 Å². The highest BCUT2D eigenvalue weighted by Gasteiger charge is 2.19. The van der Waals surface area contributed by atoms with Gasteiger partial charge in [0.2, 0.25) is 10.9 Å². The van der Waals surface area contributed by atoms with Gasteiger partial charge in [-0.05, 0) is 38.3 Å². The summed E-state index contributed by atoms with van der Waals surface area (Å²) in [6, 6.07) is 0.644. The van der Waals surface area contributed by atoms with E-state index in [1.165, 1.54) is 25.7 Å². The van der Waals surface area contributed by atoms with Gasteiger partial charge in [0, 0.05) is 6.04 Å². The van der Waals surface area contributed by atoms with Crippen LogP contribution >= 0.6 is 11.6 Å². The van der Waals surface area contributed by atoms with Crippen LogP contribution in [-0.2, 0) is 0 Å². The van der Waals surface area contributed by atoms with Crippen molar-refractivity contribution in [3.05, 3.63) is 5.28 Å². The molecule has 0 spiro atoms. The molecule has 1 aliphatic carbocycles. The normalized spacial score (nSPS) is 16.6. The van der Waals surface area contributed by atoms with Crippen LogP contribution in [-0.4, -0.2) is 31.0 Å². The smallest absolute Gasteiger partial charge is 0.226 e. The number of aromatic nitrogens is 5. The van der Waals surface area contributed by atoms with Gasteiger partial charge >= 0.3 is 0 Å². The van der Waals surface area contributed by atoms with Crippen LogP contribution < -0.4 is 5.32 Å². The second-order valence-electron chi connectivity index (χ2n) is 5.25. The van der Waals surface area contributed by atoms with Crippen molar-refractivity contribution in [1.29, 1.82) is 0 Å². The highest BCUT2D eigenvalue weighted by atomic mass is 35.5. The molecule has 0 aliphatic heterocycles. The molecule has 0 atom stereocenters. The largest absolute Gasteiger partial charge is 0.365 e. The second kappa shape index (κ2) is 4.92. The van der Waals surface area contributed by atoms with Crippen molar-refractivity contribution in [3.63, 3.8) is 0 Å². The molecule has 0 bridgehead atoms. The molecule has 0 aromatic carbocycles. The van der Waals surface area contributed by atoms with E-state index in [9.17, 15) is 0 Å². The molecular weight excluding hydrogens is 264 g/mol.